The van der Waals surface area contributed by atoms with Gasteiger partial charge < -0.3 is 10.2 Å². The molecule has 0 spiro atoms. The fourth-order valence-corrected chi connectivity index (χ4v) is 12.1. The molecular formula is C36H59NO4S. The number of nitrogens with one attached hydrogen (secondary N) is 1. The van der Waals surface area contributed by atoms with E-state index in [1.807, 2.05) is 12.1 Å². The van der Waals surface area contributed by atoms with Gasteiger partial charge in [0, 0.05) is 6.54 Å². The molecule has 6 heteroatoms. The van der Waals surface area contributed by atoms with Gasteiger partial charge in [-0.1, -0.05) is 67.0 Å². The summed E-state index contributed by atoms with van der Waals surface area (Å²) in [7, 11) is -3.51. The van der Waals surface area contributed by atoms with E-state index in [4.69, 9.17) is 0 Å². The molecule has 42 heavy (non-hydrogen) atoms. The van der Waals surface area contributed by atoms with E-state index in [9.17, 15) is 18.6 Å². The number of hydrogen-bond acceptors (Lipinski definition) is 4. The Labute approximate surface area is 256 Å². The Morgan fingerprint density at radius 2 is 1.60 bits per heavy atom. The number of hydrogen-bond donors (Lipinski definition) is 3. The van der Waals surface area contributed by atoms with Crippen LogP contribution >= 0.6 is 0 Å². The Bertz CT molecular complexity index is 1190. The Balaban J connectivity index is 1.21. The van der Waals surface area contributed by atoms with Crippen LogP contribution in [-0.2, 0) is 15.4 Å². The van der Waals surface area contributed by atoms with Gasteiger partial charge in [0.25, 0.3) is 0 Å². The van der Waals surface area contributed by atoms with E-state index in [0.717, 1.165) is 44.1 Å². The van der Waals surface area contributed by atoms with E-state index < -0.39 is 10.0 Å². The number of fused-ring (bicyclic) bond motifs is 5. The van der Waals surface area contributed by atoms with Crippen LogP contribution < -0.4 is 4.72 Å². The average molecular weight is 602 g/mol. The van der Waals surface area contributed by atoms with Gasteiger partial charge in [0.2, 0.25) is 10.0 Å². The first-order valence-corrected chi connectivity index (χ1v) is 18.6. The number of benzene rings is 1. The van der Waals surface area contributed by atoms with E-state index in [1.54, 1.807) is 12.1 Å². The summed E-state index contributed by atoms with van der Waals surface area (Å²) in [5.74, 6) is 3.38. The second-order valence-electron chi connectivity index (χ2n) is 16.4. The van der Waals surface area contributed by atoms with Gasteiger partial charge in [0.05, 0.1) is 17.1 Å². The van der Waals surface area contributed by atoms with Crippen molar-refractivity contribution in [1.29, 1.82) is 0 Å². The van der Waals surface area contributed by atoms with Gasteiger partial charge in [0.15, 0.2) is 0 Å². The maximum atomic E-state index is 12.9. The molecule has 4 saturated carbocycles. The predicted octanol–water partition coefficient (Wildman–Crippen LogP) is 7.31. The van der Waals surface area contributed by atoms with Crippen molar-refractivity contribution >= 4 is 10.0 Å². The van der Waals surface area contributed by atoms with Gasteiger partial charge >= 0.3 is 0 Å². The highest BCUT2D eigenvalue weighted by Crippen LogP contribution is 2.69. The number of aliphatic hydroxyl groups excluding tert-OH is 2. The van der Waals surface area contributed by atoms with E-state index >= 15 is 0 Å². The zero-order valence-corrected chi connectivity index (χ0v) is 28.2. The average Bonchev–Trinajstić information content (AvgIpc) is 3.29. The summed E-state index contributed by atoms with van der Waals surface area (Å²) in [6, 6.07) is 7.30. The molecule has 0 aliphatic heterocycles. The molecule has 0 radical (unpaired) electrons. The maximum absolute atomic E-state index is 12.9. The summed E-state index contributed by atoms with van der Waals surface area (Å²) in [4.78, 5) is 0.339. The van der Waals surface area contributed by atoms with Gasteiger partial charge in [-0.25, -0.2) is 13.1 Å². The molecule has 238 valence electrons. The first-order valence-electron chi connectivity index (χ1n) is 17.1. The van der Waals surface area contributed by atoms with E-state index in [1.165, 1.54) is 25.7 Å². The molecule has 0 amide bonds. The normalized spacial score (nSPS) is 41.1. The van der Waals surface area contributed by atoms with Crippen molar-refractivity contribution in [1.82, 2.24) is 4.72 Å². The molecule has 4 fully saturated rings. The SMILES string of the molecule is CC[C@@H]1C2C[C@H](O)CCC2(C)[C@H]2CCC3(C)C([C@H](C)CCCNS(=O)(=O)c4ccc(C(C)(C)C)cc4)CC[C@H]3[C@@H]2[C@@H]1O. The van der Waals surface area contributed by atoms with Crippen molar-refractivity contribution in [3.8, 4) is 0 Å². The second-order valence-corrected chi connectivity index (χ2v) is 18.2. The van der Waals surface area contributed by atoms with Crippen LogP contribution in [0.25, 0.3) is 0 Å². The van der Waals surface area contributed by atoms with E-state index in [-0.39, 0.29) is 28.5 Å². The fourth-order valence-electron chi connectivity index (χ4n) is 11.0. The molecule has 4 aliphatic carbocycles. The molecule has 5 rings (SSSR count). The van der Waals surface area contributed by atoms with Crippen LogP contribution in [0.1, 0.15) is 118 Å². The molecule has 5 nitrogen and oxygen atoms in total. The highest BCUT2D eigenvalue weighted by atomic mass is 32.2. The largest absolute Gasteiger partial charge is 0.393 e. The van der Waals surface area contributed by atoms with E-state index in [0.29, 0.717) is 52.9 Å². The molecular weight excluding hydrogens is 542 g/mol. The minimum absolute atomic E-state index is 0.00636. The minimum Gasteiger partial charge on any atom is -0.393 e. The first kappa shape index (κ1) is 32.4. The van der Waals surface area contributed by atoms with Gasteiger partial charge in [-0.05, 0) is 133 Å². The second kappa shape index (κ2) is 11.8. The zero-order valence-electron chi connectivity index (χ0n) is 27.4. The maximum Gasteiger partial charge on any atom is 0.240 e. The van der Waals surface area contributed by atoms with Crippen molar-refractivity contribution in [3.05, 3.63) is 29.8 Å². The Kier molecular flexibility index (Phi) is 9.09. The van der Waals surface area contributed by atoms with Crippen LogP contribution in [0.3, 0.4) is 0 Å². The summed E-state index contributed by atoms with van der Waals surface area (Å²) in [6.07, 6.45) is 10.1. The smallest absolute Gasteiger partial charge is 0.240 e. The molecule has 0 saturated heterocycles. The van der Waals surface area contributed by atoms with Crippen LogP contribution in [-0.4, -0.2) is 37.4 Å². The summed E-state index contributed by atoms with van der Waals surface area (Å²) in [6.45, 7) is 16.5. The molecule has 4 aliphatic rings. The van der Waals surface area contributed by atoms with Crippen LogP contribution in [0.15, 0.2) is 29.2 Å². The van der Waals surface area contributed by atoms with Crippen LogP contribution in [0.5, 0.6) is 0 Å². The number of aliphatic hydroxyl groups is 2. The fraction of sp³-hybridized carbons (Fsp3) is 0.833. The molecule has 11 atom stereocenters. The zero-order chi connectivity index (χ0) is 30.7. The minimum atomic E-state index is -3.51. The van der Waals surface area contributed by atoms with Crippen molar-refractivity contribution in [2.24, 2.45) is 52.3 Å². The molecule has 0 aromatic heterocycles. The Morgan fingerprint density at radius 1 is 0.952 bits per heavy atom. The summed E-state index contributed by atoms with van der Waals surface area (Å²) < 4.78 is 28.7. The lowest BCUT2D eigenvalue weighted by Gasteiger charge is -2.64. The van der Waals surface area contributed by atoms with Gasteiger partial charge in [-0.15, -0.1) is 0 Å². The third kappa shape index (κ3) is 5.65. The Morgan fingerprint density at radius 3 is 2.24 bits per heavy atom. The van der Waals surface area contributed by atoms with Gasteiger partial charge in [0.1, 0.15) is 0 Å². The Hall–Kier alpha value is -0.950. The molecule has 4 unspecified atom stereocenters. The van der Waals surface area contributed by atoms with Crippen LogP contribution in [0, 0.1) is 52.3 Å². The number of sulfonamides is 1. The molecule has 1 aromatic carbocycles. The monoisotopic (exact) mass is 601 g/mol. The molecule has 0 heterocycles. The highest BCUT2D eigenvalue weighted by Gasteiger charge is 2.64. The summed E-state index contributed by atoms with van der Waals surface area (Å²) in [5, 5.41) is 22.5. The summed E-state index contributed by atoms with van der Waals surface area (Å²) in [5.41, 5.74) is 1.60. The lowest BCUT2D eigenvalue weighted by Crippen LogP contribution is -2.62. The van der Waals surface area contributed by atoms with Crippen LogP contribution in [0.2, 0.25) is 0 Å². The lowest BCUT2D eigenvalue weighted by molar-refractivity contribution is -0.203. The lowest BCUT2D eigenvalue weighted by atomic mass is 9.41. The molecule has 0 bridgehead atoms. The molecule has 1 aromatic rings. The highest BCUT2D eigenvalue weighted by molar-refractivity contribution is 7.89. The van der Waals surface area contributed by atoms with Gasteiger partial charge in [-0.3, -0.25) is 0 Å². The first-order chi connectivity index (χ1) is 19.6. The third-order valence-corrected chi connectivity index (χ3v) is 14.8. The van der Waals surface area contributed by atoms with Crippen molar-refractivity contribution < 1.29 is 18.6 Å². The van der Waals surface area contributed by atoms with E-state index in [2.05, 4.69) is 53.2 Å². The number of rotatable bonds is 8. The topological polar surface area (TPSA) is 86.6 Å². The van der Waals surface area contributed by atoms with Crippen molar-refractivity contribution in [2.45, 2.75) is 135 Å². The van der Waals surface area contributed by atoms with Crippen molar-refractivity contribution in [2.75, 3.05) is 6.54 Å². The predicted molar refractivity (Wildman–Crippen MR) is 171 cm³/mol. The molecule has 3 N–H and O–H groups in total. The van der Waals surface area contributed by atoms with Crippen LogP contribution in [0.4, 0.5) is 0 Å². The van der Waals surface area contributed by atoms with Crippen molar-refractivity contribution in [3.63, 3.8) is 0 Å². The quantitative estimate of drug-likeness (QED) is 0.273. The van der Waals surface area contributed by atoms with Gasteiger partial charge in [-0.2, -0.15) is 0 Å². The third-order valence-electron chi connectivity index (χ3n) is 13.3. The standard InChI is InChI=1S/C36H59NO4S/c1-8-27-31-22-25(38)17-19-36(31,7)30-18-20-35(6)28(15-16-29(35)32(30)33(27)39)23(2)10-9-21-37-42(40,41)26-13-11-24(12-14-26)34(3,4)5/h11-14,23,25,27-33,37-39H,8-10,15-22H2,1-7H3/t23-,25-,27-,28?,29+,30+,31?,32+,33-,35?,36?/m1/s1. The summed E-state index contributed by atoms with van der Waals surface area (Å²) >= 11 is 0.